The number of aromatic nitrogens is 1. The molecule has 4 nitrogen and oxygen atoms in total. The summed E-state index contributed by atoms with van der Waals surface area (Å²) in [4.78, 5) is 4.24. The maximum Gasteiger partial charge on any atom is 0.129 e. The van der Waals surface area contributed by atoms with E-state index >= 15 is 0 Å². The molecule has 2 heterocycles. The number of fused-ring (bicyclic) bond motifs is 1. The van der Waals surface area contributed by atoms with Crippen LogP contribution in [0, 0.1) is 5.41 Å². The zero-order valence-corrected chi connectivity index (χ0v) is 10.2. The Bertz CT molecular complexity index is 505. The first-order valence-corrected chi connectivity index (χ1v) is 5.61. The van der Waals surface area contributed by atoms with Crippen LogP contribution in [0.2, 0.25) is 5.15 Å². The molecule has 3 N–H and O–H groups in total. The van der Waals surface area contributed by atoms with Crippen molar-refractivity contribution in [3.8, 4) is 0 Å². The Balaban J connectivity index is 2.40. The van der Waals surface area contributed by atoms with Gasteiger partial charge < -0.3 is 16.0 Å². The monoisotopic (exact) mass is 248 g/mol. The highest BCUT2D eigenvalue weighted by molar-refractivity contribution is 6.29. The molecule has 0 bridgehead atoms. The number of anilines is 1. The second kappa shape index (κ2) is 5.01. The molecule has 0 saturated heterocycles. The van der Waals surface area contributed by atoms with E-state index in [0.717, 1.165) is 22.5 Å². The van der Waals surface area contributed by atoms with Crippen molar-refractivity contribution in [2.75, 3.05) is 18.9 Å². The average molecular weight is 249 g/mol. The third-order valence-electron chi connectivity index (χ3n) is 2.50. The van der Waals surface area contributed by atoms with E-state index in [9.17, 15) is 0 Å². The Morgan fingerprint density at radius 1 is 1.59 bits per heavy atom. The maximum atomic E-state index is 7.38. The lowest BCUT2D eigenvalue weighted by molar-refractivity contribution is 1.08. The third-order valence-corrected chi connectivity index (χ3v) is 2.71. The van der Waals surface area contributed by atoms with Gasteiger partial charge in [0.1, 0.15) is 5.15 Å². The first-order chi connectivity index (χ1) is 8.24. The van der Waals surface area contributed by atoms with E-state index in [1.807, 2.05) is 19.2 Å². The van der Waals surface area contributed by atoms with Gasteiger partial charge in [-0.3, -0.25) is 0 Å². The minimum atomic E-state index is 0.469. The van der Waals surface area contributed by atoms with Crippen molar-refractivity contribution < 1.29 is 0 Å². The average Bonchev–Trinajstić information content (AvgIpc) is 2.35. The third kappa shape index (κ3) is 2.47. The highest BCUT2D eigenvalue weighted by Gasteiger charge is 2.13. The number of nitrogens with zero attached hydrogens (tertiary/aromatic N) is 1. The number of nitrogens with one attached hydrogen (secondary N) is 3. The van der Waals surface area contributed by atoms with E-state index in [4.69, 9.17) is 17.0 Å². The molecule has 0 unspecified atom stereocenters. The second-order valence-corrected chi connectivity index (χ2v) is 4.01. The van der Waals surface area contributed by atoms with Crippen molar-refractivity contribution in [2.45, 2.75) is 0 Å². The van der Waals surface area contributed by atoms with Crippen LogP contribution in [0.25, 0.3) is 6.08 Å². The molecule has 1 aromatic rings. The van der Waals surface area contributed by atoms with Gasteiger partial charge in [0.05, 0.1) is 11.4 Å². The van der Waals surface area contributed by atoms with Gasteiger partial charge in [0.15, 0.2) is 0 Å². The molecule has 0 atom stereocenters. The largest absolute Gasteiger partial charge is 0.393 e. The number of hydrogen-bond donors (Lipinski definition) is 3. The highest BCUT2D eigenvalue weighted by atomic mass is 35.5. The predicted octanol–water partition coefficient (Wildman–Crippen LogP) is 2.30. The summed E-state index contributed by atoms with van der Waals surface area (Å²) in [7, 11) is 1.81. The van der Waals surface area contributed by atoms with Gasteiger partial charge in [-0.2, -0.15) is 0 Å². The second-order valence-electron chi connectivity index (χ2n) is 3.62. The van der Waals surface area contributed by atoms with Crippen molar-refractivity contribution in [1.82, 2.24) is 10.3 Å². The van der Waals surface area contributed by atoms with E-state index in [-0.39, 0.29) is 0 Å². The summed E-state index contributed by atoms with van der Waals surface area (Å²) in [6.45, 7) is 0.680. The molecule has 0 saturated carbocycles. The maximum absolute atomic E-state index is 7.38. The fourth-order valence-corrected chi connectivity index (χ4v) is 1.84. The normalized spacial score (nSPS) is 14.5. The van der Waals surface area contributed by atoms with Crippen LogP contribution in [0.4, 0.5) is 5.69 Å². The molecule has 5 heteroatoms. The van der Waals surface area contributed by atoms with Gasteiger partial charge in [0.25, 0.3) is 0 Å². The lowest BCUT2D eigenvalue weighted by atomic mass is 10.0. The van der Waals surface area contributed by atoms with Gasteiger partial charge in [0.2, 0.25) is 0 Å². The molecule has 1 aliphatic heterocycles. The van der Waals surface area contributed by atoms with Gasteiger partial charge in [-0.25, -0.2) is 4.98 Å². The van der Waals surface area contributed by atoms with Crippen LogP contribution in [0.1, 0.15) is 5.69 Å². The Hall–Kier alpha value is -1.81. The quantitative estimate of drug-likeness (QED) is 0.568. The Kier molecular flexibility index (Phi) is 3.44. The van der Waals surface area contributed by atoms with E-state index in [1.54, 1.807) is 12.3 Å². The van der Waals surface area contributed by atoms with Crippen LogP contribution in [-0.4, -0.2) is 24.8 Å². The molecule has 0 fully saturated rings. The first kappa shape index (κ1) is 11.7. The molecule has 0 aromatic carbocycles. The van der Waals surface area contributed by atoms with Gasteiger partial charge in [-0.05, 0) is 23.8 Å². The minimum Gasteiger partial charge on any atom is -0.393 e. The minimum absolute atomic E-state index is 0.469. The van der Waals surface area contributed by atoms with Crippen LogP contribution in [0.5, 0.6) is 0 Å². The van der Waals surface area contributed by atoms with Gasteiger partial charge in [0, 0.05) is 31.6 Å². The van der Waals surface area contributed by atoms with Crippen molar-refractivity contribution in [1.29, 1.82) is 5.41 Å². The van der Waals surface area contributed by atoms with Crippen LogP contribution in [0.15, 0.2) is 29.5 Å². The summed E-state index contributed by atoms with van der Waals surface area (Å²) in [5.74, 6) is 0. The standard InChI is InChI=1S/C12H13ClN4/c1-15-6-9(5-14)8-4-11-10(16-7-8)2-3-12(13)17-11/h2-6,14-16H,7H2,1H3/b9-6+,14-5?. The molecule has 2 rings (SSSR count). The fraction of sp³-hybridized carbons (Fsp3) is 0.167. The van der Waals surface area contributed by atoms with Crippen molar-refractivity contribution in [3.63, 3.8) is 0 Å². The molecule has 0 spiro atoms. The molecule has 1 aliphatic rings. The smallest absolute Gasteiger partial charge is 0.129 e. The molecule has 0 radical (unpaired) electrons. The Labute approximate surface area is 105 Å². The van der Waals surface area contributed by atoms with Gasteiger partial charge >= 0.3 is 0 Å². The summed E-state index contributed by atoms with van der Waals surface area (Å²) in [5.41, 5.74) is 3.61. The molecular formula is C12H13ClN4. The topological polar surface area (TPSA) is 60.8 Å². The molecule has 17 heavy (non-hydrogen) atoms. The van der Waals surface area contributed by atoms with E-state index in [1.165, 1.54) is 6.21 Å². The first-order valence-electron chi connectivity index (χ1n) is 5.24. The molecule has 88 valence electrons. The molecule has 0 amide bonds. The lowest BCUT2D eigenvalue weighted by Crippen LogP contribution is -2.14. The van der Waals surface area contributed by atoms with Crippen LogP contribution in [0.3, 0.4) is 0 Å². The molecular weight excluding hydrogens is 236 g/mol. The molecule has 0 aliphatic carbocycles. The Morgan fingerprint density at radius 2 is 2.41 bits per heavy atom. The number of rotatable bonds is 3. The summed E-state index contributed by atoms with van der Waals surface area (Å²) in [5, 5.41) is 14.0. The van der Waals surface area contributed by atoms with Crippen LogP contribution >= 0.6 is 11.6 Å². The summed E-state index contributed by atoms with van der Waals surface area (Å²) >= 11 is 5.86. The van der Waals surface area contributed by atoms with Crippen molar-refractivity contribution in [2.24, 2.45) is 0 Å². The number of halogens is 1. The number of hydrogen-bond acceptors (Lipinski definition) is 4. The summed E-state index contributed by atoms with van der Waals surface area (Å²) in [6.07, 6.45) is 5.06. The lowest BCUT2D eigenvalue weighted by Gasteiger charge is -2.18. The van der Waals surface area contributed by atoms with Crippen LogP contribution in [-0.2, 0) is 0 Å². The van der Waals surface area contributed by atoms with E-state index in [2.05, 4.69) is 15.6 Å². The SMILES string of the molecule is CN/C=C(\C=N)C1=Cc2nc(Cl)ccc2NC1. The van der Waals surface area contributed by atoms with Crippen molar-refractivity contribution >= 4 is 29.6 Å². The zero-order valence-electron chi connectivity index (χ0n) is 9.42. The highest BCUT2D eigenvalue weighted by Crippen LogP contribution is 2.25. The van der Waals surface area contributed by atoms with Gasteiger partial charge in [-0.15, -0.1) is 0 Å². The van der Waals surface area contributed by atoms with Gasteiger partial charge in [-0.1, -0.05) is 11.6 Å². The number of pyridine rings is 1. The van der Waals surface area contributed by atoms with E-state index < -0.39 is 0 Å². The Morgan fingerprint density at radius 3 is 3.12 bits per heavy atom. The zero-order chi connectivity index (χ0) is 12.3. The summed E-state index contributed by atoms with van der Waals surface area (Å²) < 4.78 is 0. The molecule has 1 aromatic heterocycles. The fourth-order valence-electron chi connectivity index (χ4n) is 1.68. The van der Waals surface area contributed by atoms with Crippen LogP contribution < -0.4 is 10.6 Å². The van der Waals surface area contributed by atoms with E-state index in [0.29, 0.717) is 11.7 Å². The predicted molar refractivity (Wildman–Crippen MR) is 71.6 cm³/mol. The summed E-state index contributed by atoms with van der Waals surface area (Å²) in [6, 6.07) is 3.66. The van der Waals surface area contributed by atoms with Crippen molar-refractivity contribution in [3.05, 3.63) is 40.3 Å².